The molecule has 1 rings (SSSR count). The van der Waals surface area contributed by atoms with E-state index in [0.717, 1.165) is 0 Å². The summed E-state index contributed by atoms with van der Waals surface area (Å²) in [4.78, 5) is 10.7. The topological polar surface area (TPSA) is 55.1 Å². The number of halogens is 3. The lowest BCUT2D eigenvalue weighted by molar-refractivity contribution is -0.120. The van der Waals surface area contributed by atoms with Crippen molar-refractivity contribution in [1.29, 1.82) is 0 Å². The Morgan fingerprint density at radius 3 is 2.06 bits per heavy atom. The number of nitrogens with two attached hydrogens (primary N) is 1. The highest BCUT2D eigenvalue weighted by Gasteiger charge is 2.14. The summed E-state index contributed by atoms with van der Waals surface area (Å²) in [6.45, 7) is 4.00. The Hall–Kier alpha value is -1.56. The molecule has 0 unspecified atom stereocenters. The first-order chi connectivity index (χ1) is 7.54. The first-order valence-electron chi connectivity index (χ1n) is 4.67. The Labute approximate surface area is 91.4 Å². The summed E-state index contributed by atoms with van der Waals surface area (Å²) in [6.07, 6.45) is -0.561. The summed E-state index contributed by atoms with van der Waals surface area (Å²) in [7, 11) is 0. The van der Waals surface area contributed by atoms with E-state index < -0.39 is 35.3 Å². The molecule has 0 spiro atoms. The van der Waals surface area contributed by atoms with E-state index in [2.05, 4.69) is 0 Å². The van der Waals surface area contributed by atoms with Crippen molar-refractivity contribution in [2.75, 3.05) is 0 Å². The van der Waals surface area contributed by atoms with Gasteiger partial charge in [0.2, 0.25) is 5.91 Å². The predicted octanol–water partition coefficient (Wildman–Crippen LogP) is 1.66. The molecule has 6 heteroatoms. The second-order valence-electron chi connectivity index (χ2n) is 2.59. The molecule has 16 heavy (non-hydrogen) atoms. The zero-order chi connectivity index (χ0) is 12.7. The molecule has 0 saturated carbocycles. The van der Waals surface area contributed by atoms with E-state index in [4.69, 9.17) is 5.84 Å². The smallest absolute Gasteiger partial charge is 0.238 e. The van der Waals surface area contributed by atoms with Crippen LogP contribution in [0.25, 0.3) is 0 Å². The monoisotopic (exact) mass is 234 g/mol. The van der Waals surface area contributed by atoms with E-state index in [0.29, 0.717) is 12.1 Å². The molecule has 1 aromatic carbocycles. The maximum Gasteiger partial charge on any atom is 0.238 e. The number of benzene rings is 1. The second kappa shape index (κ2) is 6.84. The highest BCUT2D eigenvalue weighted by Crippen LogP contribution is 2.14. The van der Waals surface area contributed by atoms with E-state index in [-0.39, 0.29) is 0 Å². The molecule has 0 aliphatic carbocycles. The highest BCUT2D eigenvalue weighted by atomic mass is 19.1. The average Bonchev–Trinajstić information content (AvgIpc) is 2.25. The molecule has 0 heterocycles. The molecule has 0 radical (unpaired) electrons. The van der Waals surface area contributed by atoms with Crippen LogP contribution >= 0.6 is 0 Å². The van der Waals surface area contributed by atoms with Crippen molar-refractivity contribution in [1.82, 2.24) is 5.43 Å². The van der Waals surface area contributed by atoms with E-state index >= 15 is 0 Å². The molecule has 0 aliphatic rings. The fourth-order valence-electron chi connectivity index (χ4n) is 0.953. The lowest BCUT2D eigenvalue weighted by atomic mass is 10.1. The molecule has 0 bridgehead atoms. The van der Waals surface area contributed by atoms with E-state index in [1.165, 1.54) is 0 Å². The van der Waals surface area contributed by atoms with Crippen molar-refractivity contribution < 1.29 is 18.0 Å². The zero-order valence-electron chi connectivity index (χ0n) is 8.98. The van der Waals surface area contributed by atoms with Crippen LogP contribution in [-0.4, -0.2) is 5.91 Å². The van der Waals surface area contributed by atoms with Crippen LogP contribution in [0.3, 0.4) is 0 Å². The number of carbonyl (C=O) groups is 1. The number of hydrazine groups is 1. The van der Waals surface area contributed by atoms with Crippen LogP contribution in [0.2, 0.25) is 0 Å². The van der Waals surface area contributed by atoms with Crippen LogP contribution in [0, 0.1) is 17.5 Å². The van der Waals surface area contributed by atoms with Crippen molar-refractivity contribution in [3.8, 4) is 0 Å². The van der Waals surface area contributed by atoms with Crippen LogP contribution in [0.15, 0.2) is 12.1 Å². The molecule has 0 saturated heterocycles. The van der Waals surface area contributed by atoms with Gasteiger partial charge in [0.05, 0.1) is 6.42 Å². The highest BCUT2D eigenvalue weighted by molar-refractivity contribution is 5.77. The normalized spacial score (nSPS) is 9.12. The predicted molar refractivity (Wildman–Crippen MR) is 53.7 cm³/mol. The lowest BCUT2D eigenvalue weighted by Crippen LogP contribution is -2.32. The van der Waals surface area contributed by atoms with Gasteiger partial charge in [-0.2, -0.15) is 0 Å². The van der Waals surface area contributed by atoms with Crippen molar-refractivity contribution in [3.05, 3.63) is 35.1 Å². The third-order valence-corrected chi connectivity index (χ3v) is 1.60. The van der Waals surface area contributed by atoms with E-state index in [1.54, 1.807) is 5.43 Å². The molecular weight excluding hydrogens is 221 g/mol. The number of hydrogen-bond donors (Lipinski definition) is 2. The molecule has 0 aromatic heterocycles. The quantitative estimate of drug-likeness (QED) is 0.464. The van der Waals surface area contributed by atoms with Crippen LogP contribution in [0.1, 0.15) is 19.4 Å². The van der Waals surface area contributed by atoms with Gasteiger partial charge in [-0.15, -0.1) is 0 Å². The summed E-state index contributed by atoms with van der Waals surface area (Å²) in [6, 6.07) is 1.00. The van der Waals surface area contributed by atoms with Crippen LogP contribution in [-0.2, 0) is 11.2 Å². The van der Waals surface area contributed by atoms with Crippen LogP contribution < -0.4 is 11.3 Å². The van der Waals surface area contributed by atoms with Gasteiger partial charge in [0.15, 0.2) is 0 Å². The minimum atomic E-state index is -1.11. The number of amides is 1. The maximum atomic E-state index is 12.9. The van der Waals surface area contributed by atoms with Gasteiger partial charge in [0.25, 0.3) is 0 Å². The number of nitrogens with one attached hydrogen (secondary N) is 1. The van der Waals surface area contributed by atoms with Crippen molar-refractivity contribution in [2.24, 2.45) is 5.84 Å². The Bertz CT molecular complexity index is 346. The Morgan fingerprint density at radius 2 is 1.69 bits per heavy atom. The zero-order valence-corrected chi connectivity index (χ0v) is 8.98. The van der Waals surface area contributed by atoms with Gasteiger partial charge in [-0.05, 0) is 0 Å². The largest absolute Gasteiger partial charge is 0.294 e. The Kier molecular flexibility index (Phi) is 6.17. The average molecular weight is 234 g/mol. The Balaban J connectivity index is 0.00000106. The molecule has 3 nitrogen and oxygen atoms in total. The first-order valence-corrected chi connectivity index (χ1v) is 4.67. The molecule has 1 amide bonds. The van der Waals surface area contributed by atoms with Crippen LogP contribution in [0.5, 0.6) is 0 Å². The van der Waals surface area contributed by atoms with Gasteiger partial charge in [0.1, 0.15) is 17.5 Å². The maximum absolute atomic E-state index is 12.9. The number of carbonyl (C=O) groups excluding carboxylic acids is 1. The fraction of sp³-hybridized carbons (Fsp3) is 0.300. The summed E-state index contributed by atoms with van der Waals surface area (Å²) < 4.78 is 38.2. The molecule has 1 aromatic rings. The summed E-state index contributed by atoms with van der Waals surface area (Å²) in [5, 5.41) is 0. The van der Waals surface area contributed by atoms with Gasteiger partial charge < -0.3 is 0 Å². The molecule has 0 aliphatic heterocycles. The lowest BCUT2D eigenvalue weighted by Gasteiger charge is -2.03. The second-order valence-corrected chi connectivity index (χ2v) is 2.59. The van der Waals surface area contributed by atoms with E-state index in [9.17, 15) is 18.0 Å². The summed E-state index contributed by atoms with van der Waals surface area (Å²) >= 11 is 0. The third-order valence-electron chi connectivity index (χ3n) is 1.60. The molecule has 0 fully saturated rings. The van der Waals surface area contributed by atoms with Crippen molar-refractivity contribution in [3.63, 3.8) is 0 Å². The van der Waals surface area contributed by atoms with Gasteiger partial charge in [-0.1, -0.05) is 13.8 Å². The minimum absolute atomic E-state index is 0.502. The van der Waals surface area contributed by atoms with Gasteiger partial charge in [-0.3, -0.25) is 10.2 Å². The summed E-state index contributed by atoms with van der Waals surface area (Å²) in [5.41, 5.74) is 1.21. The third kappa shape index (κ3) is 3.90. The van der Waals surface area contributed by atoms with Crippen LogP contribution in [0.4, 0.5) is 13.2 Å². The SMILES string of the molecule is CC.NNC(=O)Cc1c(F)cc(F)cc1F. The van der Waals surface area contributed by atoms with Gasteiger partial charge in [0, 0.05) is 17.7 Å². The van der Waals surface area contributed by atoms with Crippen molar-refractivity contribution >= 4 is 5.91 Å². The first kappa shape index (κ1) is 14.4. The van der Waals surface area contributed by atoms with Crippen molar-refractivity contribution in [2.45, 2.75) is 20.3 Å². The Morgan fingerprint density at radius 1 is 1.25 bits per heavy atom. The number of rotatable bonds is 2. The van der Waals surface area contributed by atoms with E-state index in [1.807, 2.05) is 13.8 Å². The minimum Gasteiger partial charge on any atom is -0.294 e. The number of hydrogen-bond acceptors (Lipinski definition) is 2. The van der Waals surface area contributed by atoms with Gasteiger partial charge in [-0.25, -0.2) is 19.0 Å². The molecule has 3 N–H and O–H groups in total. The molecule has 0 atom stereocenters. The standard InChI is InChI=1S/C8H7F3N2O.C2H6/c9-4-1-6(10)5(7(11)2-4)3-8(14)13-12;1-2/h1-2H,3,12H2,(H,13,14);1-2H3. The fourth-order valence-corrected chi connectivity index (χ4v) is 0.953. The molecule has 90 valence electrons. The summed E-state index contributed by atoms with van der Waals surface area (Å²) in [5.74, 6) is 0.735. The molecular formula is C10H13F3N2O. The van der Waals surface area contributed by atoms with Gasteiger partial charge >= 0.3 is 0 Å².